The molecule has 0 unspecified atom stereocenters. The Hall–Kier alpha value is -3.25. The van der Waals surface area contributed by atoms with E-state index in [0.717, 1.165) is 41.1 Å². The molecule has 0 atom stereocenters. The number of urea groups is 1. The van der Waals surface area contributed by atoms with E-state index < -0.39 is 0 Å². The number of hydrogen-bond donors (Lipinski definition) is 1. The van der Waals surface area contributed by atoms with Gasteiger partial charge in [0.15, 0.2) is 5.82 Å². The Morgan fingerprint density at radius 1 is 0.897 bits per heavy atom. The molecule has 146 valence electrons. The van der Waals surface area contributed by atoms with Crippen LogP contribution in [0.5, 0.6) is 0 Å². The van der Waals surface area contributed by atoms with Crippen molar-refractivity contribution in [3.63, 3.8) is 0 Å². The van der Waals surface area contributed by atoms with Gasteiger partial charge in [0.1, 0.15) is 0 Å². The molecule has 2 aromatic heterocycles. The van der Waals surface area contributed by atoms with Crippen LogP contribution in [0.3, 0.4) is 0 Å². The van der Waals surface area contributed by atoms with Crippen LogP contribution in [-0.4, -0.2) is 46.5 Å². The van der Waals surface area contributed by atoms with Crippen LogP contribution in [0.25, 0.3) is 16.6 Å². The number of piperazine rings is 1. The third kappa shape index (κ3) is 3.36. The van der Waals surface area contributed by atoms with Gasteiger partial charge in [0.2, 0.25) is 0 Å². The molecule has 7 heteroatoms. The van der Waals surface area contributed by atoms with Crippen molar-refractivity contribution in [2.75, 3.05) is 36.4 Å². The van der Waals surface area contributed by atoms with Crippen molar-refractivity contribution >= 4 is 45.7 Å². The monoisotopic (exact) mass is 405 g/mol. The lowest BCUT2D eigenvalue weighted by molar-refractivity contribution is 0.208. The molecule has 29 heavy (non-hydrogen) atoms. The second-order valence-corrected chi connectivity index (χ2v) is 7.54. The molecule has 0 aliphatic carbocycles. The zero-order valence-corrected chi connectivity index (χ0v) is 16.5. The smallest absolute Gasteiger partial charge is 0.321 e. The summed E-state index contributed by atoms with van der Waals surface area (Å²) in [5.41, 5.74) is 3.89. The van der Waals surface area contributed by atoms with E-state index in [0.29, 0.717) is 18.1 Å². The lowest BCUT2D eigenvalue weighted by atomic mass is 10.2. The van der Waals surface area contributed by atoms with Crippen LogP contribution in [-0.2, 0) is 0 Å². The van der Waals surface area contributed by atoms with Crippen molar-refractivity contribution in [2.24, 2.45) is 0 Å². The lowest BCUT2D eigenvalue weighted by Gasteiger charge is -2.35. The maximum absolute atomic E-state index is 12.6. The van der Waals surface area contributed by atoms with Crippen molar-refractivity contribution in [1.82, 2.24) is 14.3 Å². The maximum atomic E-state index is 12.6. The summed E-state index contributed by atoms with van der Waals surface area (Å²) in [5.74, 6) is 0.964. The minimum absolute atomic E-state index is 0.0914. The van der Waals surface area contributed by atoms with Gasteiger partial charge in [-0.05, 0) is 48.5 Å². The fraction of sp³-hybridized carbons (Fsp3) is 0.182. The fourth-order valence-corrected chi connectivity index (χ4v) is 3.92. The molecule has 1 saturated heterocycles. The molecule has 1 N–H and O–H groups in total. The third-order valence-corrected chi connectivity index (χ3v) is 5.56. The molecule has 2 aromatic carbocycles. The predicted molar refractivity (Wildman–Crippen MR) is 117 cm³/mol. The van der Waals surface area contributed by atoms with Crippen molar-refractivity contribution in [3.8, 4) is 0 Å². The molecule has 3 heterocycles. The summed E-state index contributed by atoms with van der Waals surface area (Å²) < 4.78 is 2.18. The standard InChI is InChI=1S/C22H20ClN5O/c23-16-7-9-17(10-8-16)24-22(29)27-14-12-26(13-15-27)21-20-6-3-11-28(20)19-5-2-1-4-18(19)25-21/h1-11H,12-15H2,(H,24,29). The lowest BCUT2D eigenvalue weighted by Crippen LogP contribution is -2.50. The highest BCUT2D eigenvalue weighted by Crippen LogP contribution is 2.26. The van der Waals surface area contributed by atoms with Gasteiger partial charge < -0.3 is 19.5 Å². The van der Waals surface area contributed by atoms with E-state index >= 15 is 0 Å². The normalized spacial score (nSPS) is 14.5. The first-order valence-corrected chi connectivity index (χ1v) is 9.99. The Morgan fingerprint density at radius 3 is 2.41 bits per heavy atom. The topological polar surface area (TPSA) is 52.9 Å². The summed E-state index contributed by atoms with van der Waals surface area (Å²) in [7, 11) is 0. The largest absolute Gasteiger partial charge is 0.351 e. The van der Waals surface area contributed by atoms with Crippen molar-refractivity contribution in [2.45, 2.75) is 0 Å². The fourth-order valence-electron chi connectivity index (χ4n) is 3.80. The first-order chi connectivity index (χ1) is 14.2. The van der Waals surface area contributed by atoms with Crippen LogP contribution in [0.15, 0.2) is 66.9 Å². The molecule has 1 aliphatic rings. The van der Waals surface area contributed by atoms with Gasteiger partial charge >= 0.3 is 6.03 Å². The summed E-state index contributed by atoms with van der Waals surface area (Å²) in [4.78, 5) is 21.6. The summed E-state index contributed by atoms with van der Waals surface area (Å²) in [6.07, 6.45) is 2.07. The number of anilines is 2. The number of amides is 2. The number of carbonyl (C=O) groups excluding carboxylic acids is 1. The number of para-hydroxylation sites is 2. The van der Waals surface area contributed by atoms with Gasteiger partial charge in [-0.2, -0.15) is 0 Å². The van der Waals surface area contributed by atoms with Crippen LogP contribution in [0, 0.1) is 0 Å². The van der Waals surface area contributed by atoms with Crippen molar-refractivity contribution < 1.29 is 4.79 Å². The van der Waals surface area contributed by atoms with Gasteiger partial charge in [-0.25, -0.2) is 9.78 Å². The van der Waals surface area contributed by atoms with Crippen LogP contribution in [0.4, 0.5) is 16.3 Å². The Bertz CT molecular complexity index is 1180. The summed E-state index contributed by atoms with van der Waals surface area (Å²) in [6, 6.07) is 19.3. The van der Waals surface area contributed by atoms with Crippen LogP contribution in [0.2, 0.25) is 5.02 Å². The number of carbonyl (C=O) groups is 1. The number of nitrogens with one attached hydrogen (secondary N) is 1. The highest BCUT2D eigenvalue weighted by atomic mass is 35.5. The van der Waals surface area contributed by atoms with E-state index in [-0.39, 0.29) is 6.03 Å². The number of fused-ring (bicyclic) bond motifs is 3. The molecule has 5 rings (SSSR count). The average molecular weight is 406 g/mol. The van der Waals surface area contributed by atoms with Crippen LogP contribution in [0.1, 0.15) is 0 Å². The second-order valence-electron chi connectivity index (χ2n) is 7.10. The Labute approximate surface area is 173 Å². The maximum Gasteiger partial charge on any atom is 0.321 e. The Morgan fingerprint density at radius 2 is 1.62 bits per heavy atom. The van der Waals surface area contributed by atoms with Gasteiger partial charge in [0.25, 0.3) is 0 Å². The summed E-state index contributed by atoms with van der Waals surface area (Å²) in [5, 5.41) is 3.58. The molecule has 0 bridgehead atoms. The van der Waals surface area contributed by atoms with Gasteiger partial charge in [0, 0.05) is 43.1 Å². The number of halogens is 1. The number of benzene rings is 2. The second kappa shape index (κ2) is 7.29. The van der Waals surface area contributed by atoms with Gasteiger partial charge in [-0.3, -0.25) is 0 Å². The minimum atomic E-state index is -0.0914. The van der Waals surface area contributed by atoms with Crippen LogP contribution < -0.4 is 10.2 Å². The Balaban J connectivity index is 1.33. The third-order valence-electron chi connectivity index (χ3n) is 5.31. The highest BCUT2D eigenvalue weighted by molar-refractivity contribution is 6.30. The van der Waals surface area contributed by atoms with Gasteiger partial charge in [0.05, 0.1) is 16.6 Å². The molecule has 1 fully saturated rings. The van der Waals surface area contributed by atoms with Crippen molar-refractivity contribution in [3.05, 3.63) is 71.9 Å². The SMILES string of the molecule is O=C(Nc1ccc(Cl)cc1)N1CCN(c2nc3ccccc3n3cccc23)CC1. The van der Waals surface area contributed by atoms with E-state index in [4.69, 9.17) is 16.6 Å². The van der Waals surface area contributed by atoms with E-state index in [1.165, 1.54) is 0 Å². The van der Waals surface area contributed by atoms with Gasteiger partial charge in [-0.1, -0.05) is 23.7 Å². The Kier molecular flexibility index (Phi) is 4.48. The number of nitrogens with zero attached hydrogens (tertiary/aromatic N) is 4. The first kappa shape index (κ1) is 17.8. The minimum Gasteiger partial charge on any atom is -0.351 e. The predicted octanol–water partition coefficient (Wildman–Crippen LogP) is 4.50. The molecule has 1 aliphatic heterocycles. The first-order valence-electron chi connectivity index (χ1n) is 9.61. The molecule has 6 nitrogen and oxygen atoms in total. The van der Waals surface area contributed by atoms with Crippen molar-refractivity contribution in [1.29, 1.82) is 0 Å². The highest BCUT2D eigenvalue weighted by Gasteiger charge is 2.24. The molecule has 0 radical (unpaired) electrons. The zero-order valence-electron chi connectivity index (χ0n) is 15.8. The zero-order chi connectivity index (χ0) is 19.8. The van der Waals surface area contributed by atoms with E-state index in [1.807, 2.05) is 29.2 Å². The summed E-state index contributed by atoms with van der Waals surface area (Å²) >= 11 is 5.90. The van der Waals surface area contributed by atoms with Crippen LogP contribution >= 0.6 is 11.6 Å². The van der Waals surface area contributed by atoms with E-state index in [2.05, 4.69) is 32.9 Å². The van der Waals surface area contributed by atoms with Gasteiger partial charge in [-0.15, -0.1) is 0 Å². The summed E-state index contributed by atoms with van der Waals surface area (Å²) in [6.45, 7) is 2.75. The molecule has 4 aromatic rings. The number of aromatic nitrogens is 2. The molecule has 0 spiro atoms. The molecule has 2 amide bonds. The van der Waals surface area contributed by atoms with E-state index in [1.54, 1.807) is 24.3 Å². The average Bonchev–Trinajstić information content (AvgIpc) is 3.25. The molecule has 0 saturated carbocycles. The quantitative estimate of drug-likeness (QED) is 0.534. The number of hydrogen-bond acceptors (Lipinski definition) is 3. The molecular formula is C22H20ClN5O. The number of rotatable bonds is 2. The molecular weight excluding hydrogens is 386 g/mol. The van der Waals surface area contributed by atoms with E-state index in [9.17, 15) is 4.79 Å².